The molecule has 3 N–H and O–H groups in total. The van der Waals surface area contributed by atoms with Crippen LogP contribution in [0.25, 0.3) is 0 Å². The number of nitro groups is 1. The molecule has 2 atom stereocenters. The summed E-state index contributed by atoms with van der Waals surface area (Å²) < 4.78 is 0. The van der Waals surface area contributed by atoms with Crippen LogP contribution in [0.2, 0.25) is 0 Å². The fraction of sp³-hybridized carbons (Fsp3) is 0.500. The molecule has 1 aliphatic heterocycles. The summed E-state index contributed by atoms with van der Waals surface area (Å²) in [6.07, 6.45) is 0.917. The lowest BCUT2D eigenvalue weighted by atomic mass is 9.95. The van der Waals surface area contributed by atoms with Crippen molar-refractivity contribution in [2.45, 2.75) is 19.4 Å². The number of hydrogen-bond donors (Lipinski definition) is 2. The number of benzene rings is 1. The van der Waals surface area contributed by atoms with Crippen molar-refractivity contribution in [2.24, 2.45) is 11.7 Å². The van der Waals surface area contributed by atoms with Gasteiger partial charge in [-0.1, -0.05) is 6.92 Å². The van der Waals surface area contributed by atoms with Gasteiger partial charge in [-0.05, 0) is 24.5 Å². The monoisotopic (exact) mass is 292 g/mol. The Kier molecular flexibility index (Phi) is 4.42. The lowest BCUT2D eigenvalue weighted by Gasteiger charge is -2.36. The van der Waals surface area contributed by atoms with E-state index >= 15 is 0 Å². The molecule has 7 heteroatoms. The van der Waals surface area contributed by atoms with Crippen molar-refractivity contribution in [2.75, 3.05) is 25.0 Å². The van der Waals surface area contributed by atoms with Crippen molar-refractivity contribution in [1.29, 1.82) is 0 Å². The molecule has 1 aromatic carbocycles. The number of nitrogens with one attached hydrogen (secondary N) is 1. The van der Waals surface area contributed by atoms with Crippen molar-refractivity contribution in [3.8, 4) is 0 Å². The molecule has 0 bridgehead atoms. The van der Waals surface area contributed by atoms with Crippen molar-refractivity contribution in [3.63, 3.8) is 0 Å². The number of rotatable bonds is 3. The minimum Gasteiger partial charge on any atom is -0.364 e. The summed E-state index contributed by atoms with van der Waals surface area (Å²) in [7, 11) is 1.49. The molecule has 0 radical (unpaired) electrons. The van der Waals surface area contributed by atoms with Crippen LogP contribution in [0.5, 0.6) is 0 Å². The van der Waals surface area contributed by atoms with Gasteiger partial charge in [-0.25, -0.2) is 0 Å². The lowest BCUT2D eigenvalue weighted by molar-refractivity contribution is -0.384. The smallest absolute Gasteiger partial charge is 0.293 e. The Morgan fingerprint density at radius 3 is 2.76 bits per heavy atom. The van der Waals surface area contributed by atoms with Gasteiger partial charge in [0.15, 0.2) is 0 Å². The maximum Gasteiger partial charge on any atom is 0.293 e. The van der Waals surface area contributed by atoms with E-state index in [1.807, 2.05) is 4.90 Å². The first kappa shape index (κ1) is 15.2. The zero-order chi connectivity index (χ0) is 15.6. The standard InChI is InChI=1S/C14H20N4O3/c1-9-5-11(15)8-17(7-9)12-4-3-10(14(19)16-2)6-13(12)18(20)21/h3-4,6,9,11H,5,7-8,15H2,1-2H3,(H,16,19). The Balaban J connectivity index is 2.38. The number of piperidine rings is 1. The SMILES string of the molecule is CNC(=O)c1ccc(N2CC(C)CC(N)C2)c([N+](=O)[O-])c1. The molecule has 1 aliphatic rings. The Labute approximate surface area is 123 Å². The maximum atomic E-state index is 11.6. The molecule has 2 rings (SSSR count). The van der Waals surface area contributed by atoms with Crippen LogP contribution >= 0.6 is 0 Å². The van der Waals surface area contributed by atoms with Crippen molar-refractivity contribution < 1.29 is 9.72 Å². The molecule has 114 valence electrons. The second-order valence-corrected chi connectivity index (χ2v) is 5.55. The van der Waals surface area contributed by atoms with Crippen LogP contribution in [0.15, 0.2) is 18.2 Å². The molecule has 2 unspecified atom stereocenters. The Morgan fingerprint density at radius 2 is 2.19 bits per heavy atom. The first-order valence-corrected chi connectivity index (χ1v) is 6.93. The van der Waals surface area contributed by atoms with Gasteiger partial charge in [0.1, 0.15) is 5.69 Å². The van der Waals surface area contributed by atoms with Crippen molar-refractivity contribution in [1.82, 2.24) is 5.32 Å². The number of nitrogens with two attached hydrogens (primary N) is 1. The summed E-state index contributed by atoms with van der Waals surface area (Å²) in [4.78, 5) is 24.4. The van der Waals surface area contributed by atoms with Crippen LogP contribution in [0, 0.1) is 16.0 Å². The second kappa shape index (κ2) is 6.09. The summed E-state index contributed by atoms with van der Waals surface area (Å²) in [5, 5.41) is 13.8. The van der Waals surface area contributed by atoms with E-state index in [1.165, 1.54) is 13.1 Å². The Hall–Kier alpha value is -2.15. The summed E-state index contributed by atoms with van der Waals surface area (Å²) in [6, 6.07) is 4.56. The molecular formula is C14H20N4O3. The molecular weight excluding hydrogens is 272 g/mol. The van der Waals surface area contributed by atoms with E-state index < -0.39 is 4.92 Å². The topological polar surface area (TPSA) is 102 Å². The normalized spacial score (nSPS) is 22.0. The average Bonchev–Trinajstić information content (AvgIpc) is 2.44. The zero-order valence-corrected chi connectivity index (χ0v) is 12.2. The fourth-order valence-corrected chi connectivity index (χ4v) is 2.82. The molecule has 1 saturated heterocycles. The van der Waals surface area contributed by atoms with E-state index in [2.05, 4.69) is 12.2 Å². The first-order chi connectivity index (χ1) is 9.92. The largest absolute Gasteiger partial charge is 0.364 e. The van der Waals surface area contributed by atoms with E-state index in [9.17, 15) is 14.9 Å². The predicted molar refractivity (Wildman–Crippen MR) is 80.5 cm³/mol. The number of nitrogens with zero attached hydrogens (tertiary/aromatic N) is 2. The molecule has 7 nitrogen and oxygen atoms in total. The highest BCUT2D eigenvalue weighted by molar-refractivity contribution is 5.95. The zero-order valence-electron chi connectivity index (χ0n) is 12.2. The molecule has 1 amide bonds. The fourth-order valence-electron chi connectivity index (χ4n) is 2.82. The van der Waals surface area contributed by atoms with Gasteiger partial charge in [-0.3, -0.25) is 14.9 Å². The van der Waals surface area contributed by atoms with Crippen LogP contribution in [0.4, 0.5) is 11.4 Å². The molecule has 0 saturated carbocycles. The quantitative estimate of drug-likeness (QED) is 0.642. The molecule has 1 fully saturated rings. The third-order valence-electron chi connectivity index (χ3n) is 3.69. The number of anilines is 1. The van der Waals surface area contributed by atoms with Crippen LogP contribution < -0.4 is 16.0 Å². The van der Waals surface area contributed by atoms with Crippen molar-refractivity contribution in [3.05, 3.63) is 33.9 Å². The minimum absolute atomic E-state index is 0.00645. The highest BCUT2D eigenvalue weighted by Gasteiger charge is 2.27. The van der Waals surface area contributed by atoms with Crippen LogP contribution in [-0.4, -0.2) is 37.0 Å². The second-order valence-electron chi connectivity index (χ2n) is 5.55. The van der Waals surface area contributed by atoms with E-state index in [4.69, 9.17) is 5.73 Å². The summed E-state index contributed by atoms with van der Waals surface area (Å²) in [5.74, 6) is 0.0420. The molecule has 21 heavy (non-hydrogen) atoms. The average molecular weight is 292 g/mol. The van der Waals surface area contributed by atoms with Gasteiger partial charge < -0.3 is 16.0 Å². The summed E-state index contributed by atoms with van der Waals surface area (Å²) >= 11 is 0. The van der Waals surface area contributed by atoms with Gasteiger partial charge in [-0.15, -0.1) is 0 Å². The summed E-state index contributed by atoms with van der Waals surface area (Å²) in [6.45, 7) is 3.40. The number of carbonyl (C=O) groups excluding carboxylic acids is 1. The van der Waals surface area contributed by atoms with E-state index in [0.717, 1.165) is 13.0 Å². The predicted octanol–water partition coefficient (Wildman–Crippen LogP) is 1.13. The number of hydrogen-bond acceptors (Lipinski definition) is 5. The van der Waals surface area contributed by atoms with Gasteiger partial charge in [0.05, 0.1) is 4.92 Å². The minimum atomic E-state index is -0.452. The van der Waals surface area contributed by atoms with E-state index in [0.29, 0.717) is 18.2 Å². The number of nitro benzene ring substituents is 1. The van der Waals surface area contributed by atoms with Gasteiger partial charge in [0.2, 0.25) is 0 Å². The first-order valence-electron chi connectivity index (χ1n) is 6.93. The van der Waals surface area contributed by atoms with Crippen molar-refractivity contribution >= 4 is 17.3 Å². The van der Waals surface area contributed by atoms with Gasteiger partial charge in [-0.2, -0.15) is 0 Å². The van der Waals surface area contributed by atoms with E-state index in [-0.39, 0.29) is 23.2 Å². The maximum absolute atomic E-state index is 11.6. The highest BCUT2D eigenvalue weighted by atomic mass is 16.6. The molecule has 0 aliphatic carbocycles. The van der Waals surface area contributed by atoms with Crippen LogP contribution in [-0.2, 0) is 0 Å². The third kappa shape index (κ3) is 3.30. The van der Waals surface area contributed by atoms with Crippen LogP contribution in [0.1, 0.15) is 23.7 Å². The Morgan fingerprint density at radius 1 is 1.48 bits per heavy atom. The van der Waals surface area contributed by atoms with E-state index in [1.54, 1.807) is 12.1 Å². The van der Waals surface area contributed by atoms with Crippen LogP contribution in [0.3, 0.4) is 0 Å². The number of amides is 1. The number of carbonyl (C=O) groups is 1. The molecule has 0 aromatic heterocycles. The third-order valence-corrected chi connectivity index (χ3v) is 3.69. The highest BCUT2D eigenvalue weighted by Crippen LogP contribution is 2.32. The van der Waals surface area contributed by atoms with Gasteiger partial charge in [0.25, 0.3) is 11.6 Å². The van der Waals surface area contributed by atoms with Gasteiger partial charge in [0, 0.05) is 37.8 Å². The van der Waals surface area contributed by atoms with Gasteiger partial charge >= 0.3 is 0 Å². The molecule has 1 heterocycles. The lowest BCUT2D eigenvalue weighted by Crippen LogP contribution is -2.46. The summed E-state index contributed by atoms with van der Waals surface area (Å²) in [5.41, 5.74) is 6.75. The molecule has 1 aromatic rings. The Bertz CT molecular complexity index is 551. The molecule has 0 spiro atoms.